The van der Waals surface area contributed by atoms with E-state index >= 15 is 0 Å². The summed E-state index contributed by atoms with van der Waals surface area (Å²) in [5.74, 6) is 1.22. The molecular formula is C27H30O4. The van der Waals surface area contributed by atoms with Crippen molar-refractivity contribution in [3.63, 3.8) is 0 Å². The van der Waals surface area contributed by atoms with Crippen LogP contribution in [-0.4, -0.2) is 16.9 Å². The maximum absolute atomic E-state index is 13.1. The van der Waals surface area contributed by atoms with E-state index in [1.807, 2.05) is 18.2 Å². The lowest BCUT2D eigenvalue weighted by molar-refractivity contribution is -0.141. The molecule has 1 N–H and O–H groups in total. The molecule has 0 heterocycles. The molecule has 5 rings (SSSR count). The van der Waals surface area contributed by atoms with E-state index in [-0.39, 0.29) is 23.5 Å². The van der Waals surface area contributed by atoms with Crippen LogP contribution < -0.4 is 4.74 Å². The molecule has 162 valence electrons. The van der Waals surface area contributed by atoms with Crippen molar-refractivity contribution >= 4 is 11.8 Å². The molecule has 2 aromatic rings. The summed E-state index contributed by atoms with van der Waals surface area (Å²) in [4.78, 5) is 24.3. The molecule has 0 spiro atoms. The first-order valence-electron chi connectivity index (χ1n) is 11.5. The number of fused-ring (bicyclic) bond motifs is 5. The number of hydrogen-bond donors (Lipinski definition) is 1. The van der Waals surface area contributed by atoms with Gasteiger partial charge in [-0.2, -0.15) is 0 Å². The molecule has 0 saturated heterocycles. The monoisotopic (exact) mass is 418 g/mol. The van der Waals surface area contributed by atoms with Crippen LogP contribution in [0.25, 0.3) is 0 Å². The fourth-order valence-corrected chi connectivity index (χ4v) is 6.72. The van der Waals surface area contributed by atoms with Crippen LogP contribution in [0.15, 0.2) is 48.5 Å². The number of benzene rings is 2. The Balaban J connectivity index is 1.34. The standard InChI is InChI=1S/C27H30O4/c1-27-12-11-22-21-10-8-20(31-16-17-5-3-2-4-6-17)13-18(21)7-9-23(22)24(27)14-19(26(27)30)15-25(28)29/h2-6,8,10,13,19,22-24H,7,9,11-12,14-16H2,1H3,(H,28,29)/t19?,22?,23?,24?,27-/m0/s1. The summed E-state index contributed by atoms with van der Waals surface area (Å²) < 4.78 is 6.04. The number of carbonyl (C=O) groups is 2. The summed E-state index contributed by atoms with van der Waals surface area (Å²) in [6.45, 7) is 2.67. The largest absolute Gasteiger partial charge is 0.489 e. The first-order chi connectivity index (χ1) is 15.0. The van der Waals surface area contributed by atoms with E-state index in [0.717, 1.165) is 43.4 Å². The van der Waals surface area contributed by atoms with Crippen LogP contribution in [0, 0.1) is 23.2 Å². The Bertz CT molecular complexity index is 998. The van der Waals surface area contributed by atoms with Crippen LogP contribution in [0.1, 0.15) is 61.6 Å². The summed E-state index contributed by atoms with van der Waals surface area (Å²) in [5, 5.41) is 9.25. The van der Waals surface area contributed by atoms with Gasteiger partial charge in [0.25, 0.3) is 0 Å². The topological polar surface area (TPSA) is 63.6 Å². The number of ether oxygens (including phenoxy) is 1. The van der Waals surface area contributed by atoms with Crippen molar-refractivity contribution in [2.24, 2.45) is 23.2 Å². The van der Waals surface area contributed by atoms with E-state index in [1.54, 1.807) is 0 Å². The summed E-state index contributed by atoms with van der Waals surface area (Å²) >= 11 is 0. The number of rotatable bonds is 5. The van der Waals surface area contributed by atoms with E-state index < -0.39 is 5.97 Å². The highest BCUT2D eigenvalue weighted by atomic mass is 16.5. The number of carbonyl (C=O) groups excluding carboxylic acids is 1. The van der Waals surface area contributed by atoms with Gasteiger partial charge in [-0.15, -0.1) is 0 Å². The molecule has 4 heteroatoms. The van der Waals surface area contributed by atoms with Crippen LogP contribution in [0.4, 0.5) is 0 Å². The molecular weight excluding hydrogens is 388 g/mol. The minimum absolute atomic E-state index is 0.0129. The molecule has 0 aromatic heterocycles. The van der Waals surface area contributed by atoms with Gasteiger partial charge in [0.05, 0.1) is 6.42 Å². The first-order valence-corrected chi connectivity index (χ1v) is 11.5. The third-order valence-electron chi connectivity index (χ3n) is 8.23. The number of ketones is 1. The highest BCUT2D eigenvalue weighted by Crippen LogP contribution is 2.61. The molecule has 3 aliphatic carbocycles. The molecule has 2 saturated carbocycles. The SMILES string of the molecule is C[C@]12CCC3c4ccc(OCc5ccccc5)cc4CCC3C1CC(CC(=O)O)C2=O. The molecule has 4 unspecified atom stereocenters. The van der Waals surface area contributed by atoms with Gasteiger partial charge in [0, 0.05) is 11.3 Å². The second-order valence-corrected chi connectivity index (χ2v) is 9.90. The number of carboxylic acid groups (broad SMARTS) is 1. The van der Waals surface area contributed by atoms with Crippen molar-refractivity contribution in [1.82, 2.24) is 0 Å². The van der Waals surface area contributed by atoms with E-state index in [2.05, 4.69) is 37.3 Å². The number of aliphatic carboxylic acids is 1. The van der Waals surface area contributed by atoms with Gasteiger partial charge in [-0.25, -0.2) is 0 Å². The van der Waals surface area contributed by atoms with E-state index in [9.17, 15) is 14.7 Å². The van der Waals surface area contributed by atoms with Gasteiger partial charge in [-0.3, -0.25) is 9.59 Å². The van der Waals surface area contributed by atoms with Crippen LogP contribution in [0.5, 0.6) is 5.75 Å². The Hall–Kier alpha value is -2.62. The molecule has 5 atom stereocenters. The minimum atomic E-state index is -0.853. The van der Waals surface area contributed by atoms with Gasteiger partial charge in [0.15, 0.2) is 0 Å². The predicted molar refractivity (Wildman–Crippen MR) is 118 cm³/mol. The zero-order valence-electron chi connectivity index (χ0n) is 18.0. The number of aryl methyl sites for hydroxylation is 1. The molecule has 3 aliphatic rings. The minimum Gasteiger partial charge on any atom is -0.489 e. The average Bonchev–Trinajstić information content (AvgIpc) is 3.02. The predicted octanol–water partition coefficient (Wildman–Crippen LogP) is 5.39. The Kier molecular flexibility index (Phi) is 5.11. The normalized spacial score (nSPS) is 31.5. The van der Waals surface area contributed by atoms with Crippen LogP contribution >= 0.6 is 0 Å². The molecule has 0 amide bonds. The van der Waals surface area contributed by atoms with Crippen molar-refractivity contribution in [2.45, 2.75) is 58.0 Å². The summed E-state index contributed by atoms with van der Waals surface area (Å²) in [5.41, 5.74) is 3.62. The van der Waals surface area contributed by atoms with Crippen LogP contribution in [-0.2, 0) is 22.6 Å². The highest BCUT2D eigenvalue weighted by Gasteiger charge is 2.58. The summed E-state index contributed by atoms with van der Waals surface area (Å²) in [7, 11) is 0. The second kappa shape index (κ2) is 7.81. The van der Waals surface area contributed by atoms with Gasteiger partial charge < -0.3 is 9.84 Å². The third kappa shape index (κ3) is 3.56. The average molecular weight is 419 g/mol. The van der Waals surface area contributed by atoms with Gasteiger partial charge in [0.2, 0.25) is 0 Å². The third-order valence-corrected chi connectivity index (χ3v) is 8.23. The van der Waals surface area contributed by atoms with E-state index in [0.29, 0.717) is 24.4 Å². The van der Waals surface area contributed by atoms with Gasteiger partial charge in [0.1, 0.15) is 18.1 Å². The van der Waals surface area contributed by atoms with Crippen molar-refractivity contribution in [2.75, 3.05) is 0 Å². The number of hydrogen-bond acceptors (Lipinski definition) is 3. The molecule has 0 bridgehead atoms. The zero-order chi connectivity index (χ0) is 21.6. The van der Waals surface area contributed by atoms with Gasteiger partial charge in [-0.1, -0.05) is 43.3 Å². The Morgan fingerprint density at radius 1 is 1.16 bits per heavy atom. The first kappa shape index (κ1) is 20.3. The van der Waals surface area contributed by atoms with Gasteiger partial charge >= 0.3 is 5.97 Å². The molecule has 2 aromatic carbocycles. The quantitative estimate of drug-likeness (QED) is 0.707. The highest BCUT2D eigenvalue weighted by molar-refractivity contribution is 5.92. The van der Waals surface area contributed by atoms with E-state index in [1.165, 1.54) is 11.1 Å². The smallest absolute Gasteiger partial charge is 0.304 e. The lowest BCUT2D eigenvalue weighted by Gasteiger charge is -2.48. The molecule has 0 radical (unpaired) electrons. The lowest BCUT2D eigenvalue weighted by Crippen LogP contribution is -2.42. The fourth-order valence-electron chi connectivity index (χ4n) is 6.72. The van der Waals surface area contributed by atoms with Crippen molar-refractivity contribution in [3.05, 3.63) is 65.2 Å². The maximum atomic E-state index is 13.1. The molecule has 0 aliphatic heterocycles. The van der Waals surface area contributed by atoms with Crippen molar-refractivity contribution < 1.29 is 19.4 Å². The number of carboxylic acids is 1. The van der Waals surface area contributed by atoms with Crippen LogP contribution in [0.2, 0.25) is 0 Å². The lowest BCUT2D eigenvalue weighted by atomic mass is 9.55. The zero-order valence-corrected chi connectivity index (χ0v) is 18.0. The Morgan fingerprint density at radius 3 is 2.74 bits per heavy atom. The second-order valence-electron chi connectivity index (χ2n) is 9.90. The van der Waals surface area contributed by atoms with Crippen LogP contribution in [0.3, 0.4) is 0 Å². The van der Waals surface area contributed by atoms with Crippen molar-refractivity contribution in [1.29, 1.82) is 0 Å². The molecule has 2 fully saturated rings. The Morgan fingerprint density at radius 2 is 1.97 bits per heavy atom. The maximum Gasteiger partial charge on any atom is 0.304 e. The Labute approximate surface area is 183 Å². The molecule has 31 heavy (non-hydrogen) atoms. The van der Waals surface area contributed by atoms with E-state index in [4.69, 9.17) is 4.74 Å². The van der Waals surface area contributed by atoms with Crippen molar-refractivity contribution in [3.8, 4) is 5.75 Å². The summed E-state index contributed by atoms with van der Waals surface area (Å²) in [6, 6.07) is 16.7. The molecule has 4 nitrogen and oxygen atoms in total. The summed E-state index contributed by atoms with van der Waals surface area (Å²) in [6.07, 6.45) is 4.70. The van der Waals surface area contributed by atoms with Gasteiger partial charge in [-0.05, 0) is 78.7 Å². The fraction of sp³-hybridized carbons (Fsp3) is 0.481. The number of Topliss-reactive ketones (excluding diaryl/α,β-unsaturated/α-hetero) is 1.